The van der Waals surface area contributed by atoms with Gasteiger partial charge in [-0.25, -0.2) is 0 Å². The molecule has 3 heteroatoms. The monoisotopic (exact) mass is 289 g/mol. The second-order valence-corrected chi connectivity index (χ2v) is 5.21. The van der Waals surface area contributed by atoms with Crippen LogP contribution >= 0.6 is 11.6 Å². The molecule has 0 radical (unpaired) electrons. The second kappa shape index (κ2) is 6.78. The number of nitrogens with one attached hydrogen (secondary N) is 1. The molecule has 2 rings (SSSR count). The molecule has 1 N–H and O–H groups in total. The van der Waals surface area contributed by atoms with E-state index < -0.39 is 0 Å². The number of hydrogen-bond acceptors (Lipinski definition) is 2. The highest BCUT2D eigenvalue weighted by Crippen LogP contribution is 2.32. The number of ether oxygens (including phenoxy) is 1. The van der Waals surface area contributed by atoms with Crippen molar-refractivity contribution in [3.8, 4) is 11.5 Å². The number of benzene rings is 2. The molecule has 0 bridgehead atoms. The number of aryl methyl sites for hydroxylation is 1. The van der Waals surface area contributed by atoms with E-state index in [1.54, 1.807) is 0 Å². The zero-order valence-electron chi connectivity index (χ0n) is 12.1. The Hall–Kier alpha value is -1.51. The topological polar surface area (TPSA) is 21.3 Å². The van der Waals surface area contributed by atoms with Crippen molar-refractivity contribution in [3.63, 3.8) is 0 Å². The van der Waals surface area contributed by atoms with Crippen molar-refractivity contribution in [3.05, 3.63) is 58.6 Å². The SMILES string of the molecule is CCC(NC)c1ccccc1Oc1ccc(Cl)c(C)c1. The van der Waals surface area contributed by atoms with E-state index in [-0.39, 0.29) is 0 Å². The van der Waals surface area contributed by atoms with E-state index in [1.165, 1.54) is 5.56 Å². The summed E-state index contributed by atoms with van der Waals surface area (Å²) in [5.74, 6) is 1.70. The molecule has 2 nitrogen and oxygen atoms in total. The Balaban J connectivity index is 2.31. The fraction of sp³-hybridized carbons (Fsp3) is 0.294. The molecule has 0 aromatic heterocycles. The highest BCUT2D eigenvalue weighted by atomic mass is 35.5. The average molecular weight is 290 g/mol. The first kappa shape index (κ1) is 14.9. The zero-order chi connectivity index (χ0) is 14.5. The Kier molecular flexibility index (Phi) is 5.05. The number of rotatable bonds is 5. The van der Waals surface area contributed by atoms with Gasteiger partial charge in [0.2, 0.25) is 0 Å². The van der Waals surface area contributed by atoms with Gasteiger partial charge in [-0.3, -0.25) is 0 Å². The van der Waals surface area contributed by atoms with Gasteiger partial charge in [0, 0.05) is 16.6 Å². The third-order valence-electron chi connectivity index (χ3n) is 3.41. The predicted octanol–water partition coefficient (Wildman–Crippen LogP) is 5.11. The van der Waals surface area contributed by atoms with E-state index in [0.717, 1.165) is 28.5 Å². The van der Waals surface area contributed by atoms with Crippen LogP contribution in [0.25, 0.3) is 0 Å². The van der Waals surface area contributed by atoms with Crippen molar-refractivity contribution in [2.45, 2.75) is 26.3 Å². The van der Waals surface area contributed by atoms with Crippen molar-refractivity contribution in [2.24, 2.45) is 0 Å². The fourth-order valence-corrected chi connectivity index (χ4v) is 2.37. The van der Waals surface area contributed by atoms with Gasteiger partial charge in [0.05, 0.1) is 0 Å². The Bertz CT molecular complexity index is 579. The molecule has 0 aliphatic carbocycles. The lowest BCUT2D eigenvalue weighted by atomic mass is 10.0. The van der Waals surface area contributed by atoms with Crippen LogP contribution in [-0.4, -0.2) is 7.05 Å². The Labute approximate surface area is 125 Å². The average Bonchev–Trinajstić information content (AvgIpc) is 2.46. The van der Waals surface area contributed by atoms with Crippen molar-refractivity contribution in [1.29, 1.82) is 0 Å². The maximum atomic E-state index is 6.04. The Morgan fingerprint density at radius 2 is 1.95 bits per heavy atom. The van der Waals surface area contributed by atoms with Gasteiger partial charge < -0.3 is 10.1 Å². The molecule has 0 fully saturated rings. The van der Waals surface area contributed by atoms with Gasteiger partial charge in [-0.1, -0.05) is 36.7 Å². The Morgan fingerprint density at radius 3 is 2.60 bits per heavy atom. The molecule has 20 heavy (non-hydrogen) atoms. The van der Waals surface area contributed by atoms with Gasteiger partial charge >= 0.3 is 0 Å². The largest absolute Gasteiger partial charge is 0.457 e. The van der Waals surface area contributed by atoms with Crippen molar-refractivity contribution < 1.29 is 4.74 Å². The maximum Gasteiger partial charge on any atom is 0.132 e. The predicted molar refractivity (Wildman–Crippen MR) is 84.8 cm³/mol. The van der Waals surface area contributed by atoms with Gasteiger partial charge in [-0.2, -0.15) is 0 Å². The molecule has 0 aliphatic rings. The smallest absolute Gasteiger partial charge is 0.132 e. The third kappa shape index (κ3) is 3.33. The lowest BCUT2D eigenvalue weighted by molar-refractivity contribution is 0.458. The summed E-state index contributed by atoms with van der Waals surface area (Å²) in [7, 11) is 1.97. The molecule has 0 amide bonds. The van der Waals surface area contributed by atoms with E-state index in [0.29, 0.717) is 6.04 Å². The minimum atomic E-state index is 0.291. The zero-order valence-corrected chi connectivity index (χ0v) is 12.9. The van der Waals surface area contributed by atoms with Crippen LogP contribution in [0, 0.1) is 6.92 Å². The van der Waals surface area contributed by atoms with Crippen molar-refractivity contribution in [2.75, 3.05) is 7.05 Å². The normalized spacial score (nSPS) is 12.2. The lowest BCUT2D eigenvalue weighted by Gasteiger charge is -2.18. The van der Waals surface area contributed by atoms with Crippen LogP contribution in [0.1, 0.15) is 30.5 Å². The lowest BCUT2D eigenvalue weighted by Crippen LogP contribution is -2.15. The summed E-state index contributed by atoms with van der Waals surface area (Å²) in [4.78, 5) is 0. The summed E-state index contributed by atoms with van der Waals surface area (Å²) in [6.07, 6.45) is 1.01. The van der Waals surface area contributed by atoms with Crippen LogP contribution < -0.4 is 10.1 Å². The highest BCUT2D eigenvalue weighted by Gasteiger charge is 2.13. The van der Waals surface area contributed by atoms with Gasteiger partial charge in [0.15, 0.2) is 0 Å². The van der Waals surface area contributed by atoms with E-state index in [1.807, 2.05) is 50.4 Å². The highest BCUT2D eigenvalue weighted by molar-refractivity contribution is 6.31. The number of hydrogen-bond donors (Lipinski definition) is 1. The molecular weight excluding hydrogens is 270 g/mol. The summed E-state index contributed by atoms with van der Waals surface area (Å²) in [6, 6.07) is 14.1. The number of para-hydroxylation sites is 1. The first-order chi connectivity index (χ1) is 9.65. The van der Waals surface area contributed by atoms with Crippen LogP contribution in [0.4, 0.5) is 0 Å². The van der Waals surface area contributed by atoms with E-state index in [2.05, 4.69) is 18.3 Å². The quantitative estimate of drug-likeness (QED) is 0.826. The van der Waals surface area contributed by atoms with E-state index in [4.69, 9.17) is 16.3 Å². The second-order valence-electron chi connectivity index (χ2n) is 4.80. The van der Waals surface area contributed by atoms with Gasteiger partial charge in [-0.15, -0.1) is 0 Å². The van der Waals surface area contributed by atoms with Crippen molar-refractivity contribution in [1.82, 2.24) is 5.32 Å². The van der Waals surface area contributed by atoms with Crippen LogP contribution in [0.3, 0.4) is 0 Å². The van der Waals surface area contributed by atoms with Crippen molar-refractivity contribution >= 4 is 11.6 Å². The third-order valence-corrected chi connectivity index (χ3v) is 3.83. The molecule has 1 unspecified atom stereocenters. The molecule has 0 spiro atoms. The molecule has 0 saturated heterocycles. The molecule has 2 aromatic carbocycles. The van der Waals surface area contributed by atoms with Gasteiger partial charge in [-0.05, 0) is 50.2 Å². The fourth-order valence-electron chi connectivity index (χ4n) is 2.25. The summed E-state index contributed by atoms with van der Waals surface area (Å²) in [5, 5.41) is 4.07. The minimum Gasteiger partial charge on any atom is -0.457 e. The van der Waals surface area contributed by atoms with E-state index >= 15 is 0 Å². The summed E-state index contributed by atoms with van der Waals surface area (Å²) < 4.78 is 6.03. The molecule has 0 heterocycles. The summed E-state index contributed by atoms with van der Waals surface area (Å²) in [6.45, 7) is 4.13. The van der Waals surface area contributed by atoms with Gasteiger partial charge in [0.25, 0.3) is 0 Å². The molecule has 0 saturated carbocycles. The first-order valence-corrected chi connectivity index (χ1v) is 7.23. The molecule has 1 atom stereocenters. The van der Waals surface area contributed by atoms with Crippen LogP contribution in [0.5, 0.6) is 11.5 Å². The summed E-state index contributed by atoms with van der Waals surface area (Å²) >= 11 is 6.04. The molecule has 106 valence electrons. The standard InChI is InChI=1S/C17H20ClNO/c1-4-16(19-3)14-7-5-6-8-17(14)20-13-9-10-15(18)12(2)11-13/h5-11,16,19H,4H2,1-3H3. The maximum absolute atomic E-state index is 6.04. The van der Waals surface area contributed by atoms with Crippen LogP contribution in [0.15, 0.2) is 42.5 Å². The molecular formula is C17H20ClNO. The number of halogens is 1. The van der Waals surface area contributed by atoms with E-state index in [9.17, 15) is 0 Å². The molecule has 0 aliphatic heterocycles. The Morgan fingerprint density at radius 1 is 1.20 bits per heavy atom. The van der Waals surface area contributed by atoms with Gasteiger partial charge in [0.1, 0.15) is 11.5 Å². The molecule has 2 aromatic rings. The first-order valence-electron chi connectivity index (χ1n) is 6.86. The van der Waals surface area contributed by atoms with Crippen LogP contribution in [0.2, 0.25) is 5.02 Å². The summed E-state index contributed by atoms with van der Waals surface area (Å²) in [5.41, 5.74) is 2.19. The minimum absolute atomic E-state index is 0.291. The van der Waals surface area contributed by atoms with Crippen LogP contribution in [-0.2, 0) is 0 Å².